The largest absolute Gasteiger partial charge is 0.481 e. The van der Waals surface area contributed by atoms with Gasteiger partial charge in [0.25, 0.3) is 0 Å². The first-order chi connectivity index (χ1) is 8.61. The van der Waals surface area contributed by atoms with E-state index in [0.717, 1.165) is 0 Å². The van der Waals surface area contributed by atoms with Gasteiger partial charge in [-0.2, -0.15) is 5.10 Å². The molecular weight excluding hydrogens is 257 g/mol. The molecule has 0 fully saturated rings. The van der Waals surface area contributed by atoms with Gasteiger partial charge in [-0.25, -0.2) is 9.07 Å². The fourth-order valence-corrected chi connectivity index (χ4v) is 1.84. The normalized spacial score (nSPS) is 10.4. The van der Waals surface area contributed by atoms with Crippen molar-refractivity contribution in [1.82, 2.24) is 9.78 Å². The van der Waals surface area contributed by atoms with E-state index in [2.05, 4.69) is 10.4 Å². The molecule has 96 valence electrons. The summed E-state index contributed by atoms with van der Waals surface area (Å²) >= 11 is 5.93. The Bertz CT molecular complexity index is 536. The fourth-order valence-electron chi connectivity index (χ4n) is 1.61. The van der Waals surface area contributed by atoms with Crippen LogP contribution in [-0.4, -0.2) is 16.9 Å². The molecule has 4 nitrogen and oxygen atoms in total. The second-order valence-corrected chi connectivity index (χ2v) is 4.16. The average molecular weight is 270 g/mol. The van der Waals surface area contributed by atoms with Crippen molar-refractivity contribution in [2.45, 2.75) is 6.54 Å². The average Bonchev–Trinajstić information content (AvgIpc) is 2.69. The van der Waals surface area contributed by atoms with Crippen LogP contribution in [0.15, 0.2) is 24.3 Å². The first kappa shape index (κ1) is 12.7. The van der Waals surface area contributed by atoms with Gasteiger partial charge in [-0.05, 0) is 12.1 Å². The maximum atomic E-state index is 13.5. The van der Waals surface area contributed by atoms with Gasteiger partial charge in [0.15, 0.2) is 5.82 Å². The Balaban J connectivity index is 2.11. The third-order valence-electron chi connectivity index (χ3n) is 2.55. The van der Waals surface area contributed by atoms with Crippen molar-refractivity contribution in [3.05, 3.63) is 40.7 Å². The Morgan fingerprint density at radius 2 is 2.28 bits per heavy atom. The van der Waals surface area contributed by atoms with Crippen molar-refractivity contribution in [2.75, 3.05) is 12.4 Å². The molecule has 0 bridgehead atoms. The zero-order valence-electron chi connectivity index (χ0n) is 10.1. The maximum absolute atomic E-state index is 13.5. The number of rotatable bonds is 4. The molecule has 1 heterocycles. The lowest BCUT2D eigenvalue weighted by Gasteiger charge is -2.06. The zero-order valence-corrected chi connectivity index (χ0v) is 10.8. The summed E-state index contributed by atoms with van der Waals surface area (Å²) in [6.45, 7) is 0.270. The standard InChI is InChI=1S/C12H13ClFN3O/c1-17-12(18-2)6-11(16-17)15-7-8-9(13)4-3-5-10(8)14/h3-6H,7H2,1-2H3,(H,15,16). The number of hydrogen-bond donors (Lipinski definition) is 1. The molecular formula is C12H13ClFN3O. The number of ether oxygens (including phenoxy) is 1. The molecule has 0 unspecified atom stereocenters. The Labute approximate surface area is 109 Å². The van der Waals surface area contributed by atoms with Crippen molar-refractivity contribution in [3.8, 4) is 5.88 Å². The highest BCUT2D eigenvalue weighted by Crippen LogP contribution is 2.21. The predicted molar refractivity (Wildman–Crippen MR) is 68.5 cm³/mol. The molecule has 0 atom stereocenters. The van der Waals surface area contributed by atoms with E-state index >= 15 is 0 Å². The van der Waals surface area contributed by atoms with Gasteiger partial charge in [0.1, 0.15) is 5.82 Å². The summed E-state index contributed by atoms with van der Waals surface area (Å²) in [7, 11) is 3.33. The Morgan fingerprint density at radius 1 is 1.50 bits per heavy atom. The molecule has 0 saturated heterocycles. The molecule has 6 heteroatoms. The molecule has 1 N–H and O–H groups in total. The number of methoxy groups -OCH3 is 1. The molecule has 2 rings (SSSR count). The van der Waals surface area contributed by atoms with Gasteiger partial charge in [0.2, 0.25) is 5.88 Å². The number of aryl methyl sites for hydroxylation is 1. The van der Waals surface area contributed by atoms with Crippen LogP contribution in [0.1, 0.15) is 5.56 Å². The second-order valence-electron chi connectivity index (χ2n) is 3.75. The number of anilines is 1. The van der Waals surface area contributed by atoms with Crippen molar-refractivity contribution in [3.63, 3.8) is 0 Å². The predicted octanol–water partition coefficient (Wildman–Crippen LogP) is 2.83. The Morgan fingerprint density at radius 3 is 2.89 bits per heavy atom. The van der Waals surface area contributed by atoms with Gasteiger partial charge in [-0.3, -0.25) is 0 Å². The van der Waals surface area contributed by atoms with Crippen LogP contribution >= 0.6 is 11.6 Å². The summed E-state index contributed by atoms with van der Waals surface area (Å²) in [6.07, 6.45) is 0. The van der Waals surface area contributed by atoms with E-state index < -0.39 is 0 Å². The van der Waals surface area contributed by atoms with Crippen molar-refractivity contribution in [1.29, 1.82) is 0 Å². The van der Waals surface area contributed by atoms with Crippen LogP contribution in [0, 0.1) is 5.82 Å². The minimum atomic E-state index is -0.335. The van der Waals surface area contributed by atoms with E-state index in [4.69, 9.17) is 16.3 Å². The lowest BCUT2D eigenvalue weighted by Crippen LogP contribution is -2.03. The summed E-state index contributed by atoms with van der Waals surface area (Å²) in [4.78, 5) is 0. The highest BCUT2D eigenvalue weighted by atomic mass is 35.5. The SMILES string of the molecule is COc1cc(NCc2c(F)cccc2Cl)nn1C. The molecule has 0 spiro atoms. The molecule has 0 radical (unpaired) electrons. The van der Waals surface area contributed by atoms with E-state index in [-0.39, 0.29) is 12.4 Å². The lowest BCUT2D eigenvalue weighted by molar-refractivity contribution is 0.373. The number of hydrogen-bond acceptors (Lipinski definition) is 3. The highest BCUT2D eigenvalue weighted by molar-refractivity contribution is 6.31. The summed E-state index contributed by atoms with van der Waals surface area (Å²) in [5.41, 5.74) is 0.420. The van der Waals surface area contributed by atoms with Crippen LogP contribution in [-0.2, 0) is 13.6 Å². The molecule has 1 aromatic heterocycles. The highest BCUT2D eigenvalue weighted by Gasteiger charge is 2.09. The minimum Gasteiger partial charge on any atom is -0.481 e. The molecule has 0 aliphatic heterocycles. The van der Waals surface area contributed by atoms with E-state index in [1.807, 2.05) is 0 Å². The monoisotopic (exact) mass is 269 g/mol. The number of benzene rings is 1. The first-order valence-corrected chi connectivity index (χ1v) is 5.74. The number of halogens is 2. The topological polar surface area (TPSA) is 39.1 Å². The smallest absolute Gasteiger partial charge is 0.213 e. The second kappa shape index (κ2) is 5.27. The third-order valence-corrected chi connectivity index (χ3v) is 2.91. The number of aromatic nitrogens is 2. The van der Waals surface area contributed by atoms with Crippen LogP contribution in [0.5, 0.6) is 5.88 Å². The van der Waals surface area contributed by atoms with Crippen molar-refractivity contribution >= 4 is 17.4 Å². The number of nitrogens with zero attached hydrogens (tertiary/aromatic N) is 2. The van der Waals surface area contributed by atoms with E-state index in [1.54, 1.807) is 37.0 Å². The fraction of sp³-hybridized carbons (Fsp3) is 0.250. The van der Waals surface area contributed by atoms with Crippen LogP contribution in [0.25, 0.3) is 0 Å². The quantitative estimate of drug-likeness (QED) is 0.928. The van der Waals surface area contributed by atoms with Gasteiger partial charge < -0.3 is 10.1 Å². The number of nitrogens with one attached hydrogen (secondary N) is 1. The van der Waals surface area contributed by atoms with E-state index in [9.17, 15) is 4.39 Å². The van der Waals surface area contributed by atoms with Crippen LogP contribution in [0.2, 0.25) is 5.02 Å². The van der Waals surface area contributed by atoms with Gasteiger partial charge in [0, 0.05) is 30.2 Å². The molecule has 0 saturated carbocycles. The van der Waals surface area contributed by atoms with Crippen LogP contribution < -0.4 is 10.1 Å². The summed E-state index contributed by atoms with van der Waals surface area (Å²) in [5, 5.41) is 7.57. The van der Waals surface area contributed by atoms with Crippen LogP contribution in [0.4, 0.5) is 10.2 Å². The minimum absolute atomic E-state index is 0.270. The molecule has 0 aliphatic carbocycles. The molecule has 2 aromatic rings. The molecule has 1 aromatic carbocycles. The maximum Gasteiger partial charge on any atom is 0.213 e. The van der Waals surface area contributed by atoms with Gasteiger partial charge >= 0.3 is 0 Å². The van der Waals surface area contributed by atoms with Gasteiger partial charge in [-0.15, -0.1) is 0 Å². The van der Waals surface area contributed by atoms with E-state index in [1.165, 1.54) is 6.07 Å². The summed E-state index contributed by atoms with van der Waals surface area (Å²) in [6, 6.07) is 6.34. The molecule has 0 aliphatic rings. The summed E-state index contributed by atoms with van der Waals surface area (Å²) < 4.78 is 20.2. The Kier molecular flexibility index (Phi) is 3.72. The van der Waals surface area contributed by atoms with E-state index in [0.29, 0.717) is 22.3 Å². The summed E-state index contributed by atoms with van der Waals surface area (Å²) in [5.74, 6) is 0.892. The molecule has 0 amide bonds. The first-order valence-electron chi connectivity index (χ1n) is 5.36. The zero-order chi connectivity index (χ0) is 13.1. The van der Waals surface area contributed by atoms with Gasteiger partial charge in [0.05, 0.1) is 7.11 Å². The molecule has 18 heavy (non-hydrogen) atoms. The van der Waals surface area contributed by atoms with Gasteiger partial charge in [-0.1, -0.05) is 17.7 Å². The van der Waals surface area contributed by atoms with Crippen molar-refractivity contribution in [2.24, 2.45) is 7.05 Å². The van der Waals surface area contributed by atoms with Crippen molar-refractivity contribution < 1.29 is 9.13 Å². The Hall–Kier alpha value is -1.75. The lowest BCUT2D eigenvalue weighted by atomic mass is 10.2. The van der Waals surface area contributed by atoms with Crippen LogP contribution in [0.3, 0.4) is 0 Å². The third kappa shape index (κ3) is 2.56.